The van der Waals surface area contributed by atoms with Crippen LogP contribution >= 0.6 is 0 Å². The maximum atomic E-state index is 14.2. The first kappa shape index (κ1) is 26.8. The Morgan fingerprint density at radius 1 is 1.11 bits per heavy atom. The number of nitrogens with zero attached hydrogens (tertiary/aromatic N) is 3. The van der Waals surface area contributed by atoms with E-state index in [1.807, 2.05) is 12.2 Å². The minimum Gasteiger partial charge on any atom is -0.394 e. The Hall–Kier alpha value is -4.22. The molecule has 0 spiro atoms. The molecule has 3 N–H and O–H groups in total. The summed E-state index contributed by atoms with van der Waals surface area (Å²) in [7, 11) is 0. The fraction of sp³-hybridized carbons (Fsp3) is 0.267. The number of hydrogen-bond acceptors (Lipinski definition) is 5. The smallest absolute Gasteiger partial charge is 0.163 e. The summed E-state index contributed by atoms with van der Waals surface area (Å²) >= 11 is 0. The van der Waals surface area contributed by atoms with Gasteiger partial charge in [0, 0.05) is 35.7 Å². The lowest BCUT2D eigenvalue weighted by Gasteiger charge is -2.16. The van der Waals surface area contributed by atoms with Crippen molar-refractivity contribution in [1.29, 1.82) is 0 Å². The van der Waals surface area contributed by atoms with Crippen LogP contribution in [-0.4, -0.2) is 32.4 Å². The van der Waals surface area contributed by atoms with E-state index in [1.54, 1.807) is 47.1 Å². The molecule has 0 radical (unpaired) electrons. The van der Waals surface area contributed by atoms with Gasteiger partial charge in [-0.1, -0.05) is 56.0 Å². The Bertz CT molecular complexity index is 1450. The normalized spacial score (nSPS) is 12.1. The molecule has 4 rings (SSSR count). The van der Waals surface area contributed by atoms with E-state index in [0.29, 0.717) is 35.7 Å². The van der Waals surface area contributed by atoms with Gasteiger partial charge in [-0.15, -0.1) is 0 Å². The standard InChI is InChI=1S/C30H31F2N5O/c1-21(2)26-19-34-37-29(33-18-23-10-7-8-12-27(23)32)17-28(36-30(26)37)35-25(20-38)11-6-4-3-5-9-22-13-15-24(31)16-14-22/h6-8,10-17,19,21,25,33,38H,3-4,18,20H2,1-2H3,(H,35,36)/b11-6-/t25-/m1/s1. The predicted molar refractivity (Wildman–Crippen MR) is 147 cm³/mol. The first-order chi connectivity index (χ1) is 18.4. The highest BCUT2D eigenvalue weighted by Gasteiger charge is 2.15. The summed E-state index contributed by atoms with van der Waals surface area (Å²) in [5.74, 6) is 6.95. The molecule has 0 aliphatic heterocycles. The molecule has 1 atom stereocenters. The van der Waals surface area contributed by atoms with Crippen LogP contribution in [0.3, 0.4) is 0 Å². The largest absolute Gasteiger partial charge is 0.394 e. The van der Waals surface area contributed by atoms with Crippen LogP contribution < -0.4 is 10.6 Å². The van der Waals surface area contributed by atoms with Crippen LogP contribution in [-0.2, 0) is 6.54 Å². The number of aromatic nitrogens is 3. The Balaban J connectivity index is 1.46. The number of benzene rings is 2. The lowest BCUT2D eigenvalue weighted by atomic mass is 10.1. The molecular formula is C30H31F2N5O. The summed E-state index contributed by atoms with van der Waals surface area (Å²) in [6.07, 6.45) is 6.98. The van der Waals surface area contributed by atoms with Crippen molar-refractivity contribution in [2.75, 3.05) is 17.2 Å². The Morgan fingerprint density at radius 3 is 2.63 bits per heavy atom. The van der Waals surface area contributed by atoms with E-state index in [0.717, 1.165) is 11.1 Å². The third-order valence-electron chi connectivity index (χ3n) is 5.95. The van der Waals surface area contributed by atoms with Gasteiger partial charge < -0.3 is 15.7 Å². The highest BCUT2D eigenvalue weighted by molar-refractivity contribution is 5.61. The summed E-state index contributed by atoms with van der Waals surface area (Å²) in [6.45, 7) is 4.30. The van der Waals surface area contributed by atoms with Crippen molar-refractivity contribution in [3.63, 3.8) is 0 Å². The minimum absolute atomic E-state index is 0.126. The number of aliphatic hydroxyl groups excluding tert-OH is 1. The van der Waals surface area contributed by atoms with E-state index in [9.17, 15) is 13.9 Å². The van der Waals surface area contributed by atoms with Gasteiger partial charge >= 0.3 is 0 Å². The number of nitrogens with one attached hydrogen (secondary N) is 2. The minimum atomic E-state index is -0.361. The molecule has 196 valence electrons. The van der Waals surface area contributed by atoms with Crippen molar-refractivity contribution < 1.29 is 13.9 Å². The van der Waals surface area contributed by atoms with Gasteiger partial charge in [0.25, 0.3) is 0 Å². The summed E-state index contributed by atoms with van der Waals surface area (Å²) in [5, 5.41) is 21.0. The molecule has 0 aliphatic rings. The molecular weight excluding hydrogens is 484 g/mol. The third kappa shape index (κ3) is 6.96. The van der Waals surface area contributed by atoms with Crippen LogP contribution in [0.25, 0.3) is 5.65 Å². The molecule has 0 saturated heterocycles. The predicted octanol–water partition coefficient (Wildman–Crippen LogP) is 5.90. The van der Waals surface area contributed by atoms with Crippen LogP contribution in [0.4, 0.5) is 20.4 Å². The fourth-order valence-corrected chi connectivity index (χ4v) is 3.87. The quantitative estimate of drug-likeness (QED) is 0.139. The van der Waals surface area contributed by atoms with E-state index < -0.39 is 0 Å². The Labute approximate surface area is 221 Å². The number of allylic oxidation sites excluding steroid dienone is 1. The second kappa shape index (κ2) is 12.8. The Kier molecular flexibility index (Phi) is 9.07. The zero-order valence-corrected chi connectivity index (χ0v) is 21.5. The first-order valence-electron chi connectivity index (χ1n) is 12.6. The van der Waals surface area contributed by atoms with Gasteiger partial charge in [0.05, 0.1) is 18.8 Å². The molecule has 4 aromatic rings. The number of hydrogen-bond donors (Lipinski definition) is 3. The van der Waals surface area contributed by atoms with Crippen molar-refractivity contribution in [1.82, 2.24) is 14.6 Å². The van der Waals surface area contributed by atoms with Gasteiger partial charge in [-0.3, -0.25) is 0 Å². The Morgan fingerprint density at radius 2 is 1.89 bits per heavy atom. The maximum Gasteiger partial charge on any atom is 0.163 e. The van der Waals surface area contributed by atoms with Gasteiger partial charge in [-0.2, -0.15) is 9.61 Å². The topological polar surface area (TPSA) is 74.5 Å². The summed E-state index contributed by atoms with van der Waals surface area (Å²) in [6, 6.07) is 14.2. The molecule has 0 saturated carbocycles. The first-order valence-corrected chi connectivity index (χ1v) is 12.6. The third-order valence-corrected chi connectivity index (χ3v) is 5.95. The van der Waals surface area contributed by atoms with Gasteiger partial charge in [-0.25, -0.2) is 13.8 Å². The molecule has 2 aromatic carbocycles. The summed E-state index contributed by atoms with van der Waals surface area (Å²) in [5.41, 5.74) is 2.99. The average molecular weight is 516 g/mol. The lowest BCUT2D eigenvalue weighted by molar-refractivity contribution is 0.290. The van der Waals surface area contributed by atoms with Crippen molar-refractivity contribution in [2.24, 2.45) is 0 Å². The van der Waals surface area contributed by atoms with Crippen LogP contribution in [0.5, 0.6) is 0 Å². The summed E-state index contributed by atoms with van der Waals surface area (Å²) < 4.78 is 28.9. The molecule has 6 nitrogen and oxygen atoms in total. The molecule has 8 heteroatoms. The number of aliphatic hydroxyl groups is 1. The molecule has 2 aromatic heterocycles. The van der Waals surface area contributed by atoms with Gasteiger partial charge in [-0.05, 0) is 42.7 Å². The van der Waals surface area contributed by atoms with E-state index in [2.05, 4.69) is 41.4 Å². The van der Waals surface area contributed by atoms with Crippen LogP contribution in [0.15, 0.2) is 72.9 Å². The van der Waals surface area contributed by atoms with Gasteiger partial charge in [0.15, 0.2) is 5.65 Å². The average Bonchev–Trinajstić information content (AvgIpc) is 3.35. The summed E-state index contributed by atoms with van der Waals surface area (Å²) in [4.78, 5) is 4.76. The molecule has 0 amide bonds. The van der Waals surface area contributed by atoms with Crippen LogP contribution in [0.2, 0.25) is 0 Å². The second-order valence-corrected chi connectivity index (χ2v) is 9.17. The zero-order chi connectivity index (χ0) is 26.9. The van der Waals surface area contributed by atoms with E-state index in [1.165, 1.54) is 18.2 Å². The van der Waals surface area contributed by atoms with E-state index in [-0.39, 0.29) is 36.7 Å². The SMILES string of the molecule is CC(C)c1cnn2c(NCc3ccccc3F)cc(N[C@H](/C=C\CCC#Cc3ccc(F)cc3)CO)nc12. The second-order valence-electron chi connectivity index (χ2n) is 9.17. The number of halogens is 2. The molecule has 0 aliphatic carbocycles. The zero-order valence-electron chi connectivity index (χ0n) is 21.5. The monoisotopic (exact) mass is 515 g/mol. The molecule has 0 unspecified atom stereocenters. The maximum absolute atomic E-state index is 14.2. The van der Waals surface area contributed by atoms with Crippen molar-refractivity contribution in [3.05, 3.63) is 101 Å². The number of unbranched alkanes of at least 4 members (excludes halogenated alkanes) is 1. The fourth-order valence-electron chi connectivity index (χ4n) is 3.87. The molecule has 38 heavy (non-hydrogen) atoms. The number of fused-ring (bicyclic) bond motifs is 1. The van der Waals surface area contributed by atoms with Crippen molar-refractivity contribution in [2.45, 2.75) is 45.2 Å². The number of rotatable bonds is 10. The van der Waals surface area contributed by atoms with Crippen molar-refractivity contribution >= 4 is 17.3 Å². The van der Waals surface area contributed by atoms with Gasteiger partial charge in [0.2, 0.25) is 0 Å². The van der Waals surface area contributed by atoms with Crippen molar-refractivity contribution in [3.8, 4) is 11.8 Å². The van der Waals surface area contributed by atoms with E-state index in [4.69, 9.17) is 4.98 Å². The lowest BCUT2D eigenvalue weighted by Crippen LogP contribution is -2.22. The highest BCUT2D eigenvalue weighted by Crippen LogP contribution is 2.25. The molecule has 0 fully saturated rings. The van der Waals surface area contributed by atoms with Gasteiger partial charge in [0.1, 0.15) is 23.3 Å². The molecule has 0 bridgehead atoms. The highest BCUT2D eigenvalue weighted by atomic mass is 19.1. The number of anilines is 2. The van der Waals surface area contributed by atoms with Crippen LogP contribution in [0, 0.1) is 23.5 Å². The van der Waals surface area contributed by atoms with E-state index >= 15 is 0 Å². The van der Waals surface area contributed by atoms with Crippen LogP contribution in [0.1, 0.15) is 49.3 Å². The molecule has 2 heterocycles.